The van der Waals surface area contributed by atoms with Gasteiger partial charge in [0.15, 0.2) is 0 Å². The number of nitrogens with zero attached hydrogens (tertiary/aromatic N) is 4. The quantitative estimate of drug-likeness (QED) is 0.387. The molecule has 0 bridgehead atoms. The molecule has 5 rings (SSSR count). The Morgan fingerprint density at radius 2 is 1.79 bits per heavy atom. The predicted molar refractivity (Wildman–Crippen MR) is 151 cm³/mol. The maximum Gasteiger partial charge on any atom is 0.264 e. The first-order chi connectivity index (χ1) is 18.3. The number of halogens is 1. The fourth-order valence-corrected chi connectivity index (χ4v) is 5.88. The molecule has 1 aliphatic heterocycles. The van der Waals surface area contributed by atoms with Crippen molar-refractivity contribution in [2.45, 2.75) is 26.9 Å². The van der Waals surface area contributed by atoms with Crippen molar-refractivity contribution < 1.29 is 9.59 Å². The summed E-state index contributed by atoms with van der Waals surface area (Å²) in [5.74, 6) is -0.449. The molecular weight excluding hydrogens is 522 g/mol. The molecule has 2 amide bonds. The summed E-state index contributed by atoms with van der Waals surface area (Å²) in [5, 5.41) is 3.69. The van der Waals surface area contributed by atoms with E-state index in [4.69, 9.17) is 11.6 Å². The highest BCUT2D eigenvalue weighted by Crippen LogP contribution is 2.28. The molecule has 0 radical (unpaired) electrons. The molecule has 1 aliphatic rings. The van der Waals surface area contributed by atoms with Crippen LogP contribution in [0.25, 0.3) is 10.2 Å². The van der Waals surface area contributed by atoms with Gasteiger partial charge in [0.1, 0.15) is 11.4 Å². The molecule has 1 saturated heterocycles. The number of thiophene rings is 1. The Labute approximate surface area is 229 Å². The van der Waals surface area contributed by atoms with Gasteiger partial charge < -0.3 is 10.2 Å². The molecule has 38 heavy (non-hydrogen) atoms. The zero-order valence-corrected chi connectivity index (χ0v) is 22.8. The number of carbonyl (C=O) groups is 2. The molecule has 196 valence electrons. The van der Waals surface area contributed by atoms with E-state index in [-0.39, 0.29) is 23.9 Å². The predicted octanol–water partition coefficient (Wildman–Crippen LogP) is 4.32. The Morgan fingerprint density at radius 3 is 2.50 bits per heavy atom. The van der Waals surface area contributed by atoms with Crippen LogP contribution in [0.5, 0.6) is 0 Å². The van der Waals surface area contributed by atoms with Gasteiger partial charge in [-0.3, -0.25) is 23.9 Å². The van der Waals surface area contributed by atoms with Gasteiger partial charge in [-0.1, -0.05) is 48.0 Å². The monoisotopic (exact) mass is 549 g/mol. The SMILES string of the molecule is Cc1ccc(NC(=O)Cn2cnc3sc(C(=O)N4CCN(Cc5ccccc5)CC4)c(C)c3c2=O)cc1Cl. The zero-order chi connectivity index (χ0) is 26.8. The first kappa shape index (κ1) is 26.1. The van der Waals surface area contributed by atoms with E-state index in [1.807, 2.05) is 36.1 Å². The van der Waals surface area contributed by atoms with E-state index >= 15 is 0 Å². The molecule has 0 saturated carbocycles. The third-order valence-corrected chi connectivity index (χ3v) is 8.38. The third-order valence-electron chi connectivity index (χ3n) is 6.79. The lowest BCUT2D eigenvalue weighted by Crippen LogP contribution is -2.48. The molecule has 10 heteroatoms. The normalized spacial score (nSPS) is 14.1. The molecule has 8 nitrogen and oxygen atoms in total. The summed E-state index contributed by atoms with van der Waals surface area (Å²) in [6, 6.07) is 15.5. The number of aryl methyl sites for hydroxylation is 2. The second-order valence-corrected chi connectivity index (χ2v) is 10.9. The number of benzene rings is 2. The van der Waals surface area contributed by atoms with Gasteiger partial charge in [0, 0.05) is 43.4 Å². The maximum absolute atomic E-state index is 13.4. The van der Waals surface area contributed by atoms with Gasteiger partial charge in [0.25, 0.3) is 11.5 Å². The standard InChI is InChI=1S/C28H28ClN5O3S/c1-18-8-9-21(14-22(18)29)31-23(35)16-34-17-30-26-24(27(34)36)19(2)25(38-26)28(37)33-12-10-32(11-13-33)15-20-6-4-3-5-7-20/h3-9,14,17H,10-13,15-16H2,1-2H3,(H,31,35). The molecule has 4 aromatic rings. The van der Waals surface area contributed by atoms with Crippen molar-refractivity contribution in [1.82, 2.24) is 19.4 Å². The van der Waals surface area contributed by atoms with E-state index in [2.05, 4.69) is 27.3 Å². The second kappa shape index (κ2) is 11.1. The smallest absolute Gasteiger partial charge is 0.264 e. The Bertz CT molecular complexity index is 1560. The Kier molecular flexibility index (Phi) is 7.60. The average molecular weight is 550 g/mol. The molecule has 2 aromatic heterocycles. The minimum Gasteiger partial charge on any atom is -0.335 e. The molecule has 3 heterocycles. The number of piperazine rings is 1. The van der Waals surface area contributed by atoms with Crippen molar-refractivity contribution in [1.29, 1.82) is 0 Å². The molecule has 0 unspecified atom stereocenters. The summed E-state index contributed by atoms with van der Waals surface area (Å²) in [5.41, 5.74) is 2.98. The van der Waals surface area contributed by atoms with Crippen LogP contribution >= 0.6 is 22.9 Å². The minimum absolute atomic E-state index is 0.0789. The van der Waals surface area contributed by atoms with Gasteiger partial charge in [-0.25, -0.2) is 4.98 Å². The summed E-state index contributed by atoms with van der Waals surface area (Å²) in [7, 11) is 0. The number of hydrogen-bond acceptors (Lipinski definition) is 6. The van der Waals surface area contributed by atoms with Crippen molar-refractivity contribution in [3.63, 3.8) is 0 Å². The van der Waals surface area contributed by atoms with Crippen molar-refractivity contribution in [2.75, 3.05) is 31.5 Å². The fraction of sp³-hybridized carbons (Fsp3) is 0.286. The van der Waals surface area contributed by atoms with Crippen LogP contribution < -0.4 is 10.9 Å². The van der Waals surface area contributed by atoms with Gasteiger partial charge in [0.2, 0.25) is 5.91 Å². The number of aromatic nitrogens is 2. The van der Waals surface area contributed by atoms with E-state index in [0.717, 1.165) is 25.2 Å². The molecule has 0 atom stereocenters. The average Bonchev–Trinajstić information content (AvgIpc) is 3.25. The number of amides is 2. The number of carbonyl (C=O) groups excluding carboxylic acids is 2. The zero-order valence-electron chi connectivity index (χ0n) is 21.2. The van der Waals surface area contributed by atoms with Crippen LogP contribution in [0.2, 0.25) is 5.02 Å². The Morgan fingerprint density at radius 1 is 1.05 bits per heavy atom. The van der Waals surface area contributed by atoms with E-state index < -0.39 is 0 Å². The highest BCUT2D eigenvalue weighted by atomic mass is 35.5. The summed E-state index contributed by atoms with van der Waals surface area (Å²) in [4.78, 5) is 48.9. The molecule has 0 spiro atoms. The molecule has 1 N–H and O–H groups in total. The summed E-state index contributed by atoms with van der Waals surface area (Å²) in [6.07, 6.45) is 1.36. The summed E-state index contributed by atoms with van der Waals surface area (Å²) in [6.45, 7) is 7.14. The lowest BCUT2D eigenvalue weighted by Gasteiger charge is -2.34. The lowest BCUT2D eigenvalue weighted by atomic mass is 10.1. The van der Waals surface area contributed by atoms with Crippen molar-refractivity contribution in [3.05, 3.63) is 91.8 Å². The number of nitrogens with one attached hydrogen (secondary N) is 1. The van der Waals surface area contributed by atoms with Crippen molar-refractivity contribution in [3.8, 4) is 0 Å². The van der Waals surface area contributed by atoms with Gasteiger partial charge in [-0.05, 0) is 42.7 Å². The number of anilines is 1. The highest BCUT2D eigenvalue weighted by Gasteiger charge is 2.27. The van der Waals surface area contributed by atoms with Gasteiger partial charge in [-0.2, -0.15) is 0 Å². The van der Waals surface area contributed by atoms with Crippen molar-refractivity contribution in [2.24, 2.45) is 0 Å². The maximum atomic E-state index is 13.4. The van der Waals surface area contributed by atoms with Crippen LogP contribution in [0, 0.1) is 13.8 Å². The van der Waals surface area contributed by atoms with Crippen LogP contribution in [-0.4, -0.2) is 57.3 Å². The number of hydrogen-bond donors (Lipinski definition) is 1. The molecule has 2 aromatic carbocycles. The molecular formula is C28H28ClN5O3S. The molecule has 1 fully saturated rings. The van der Waals surface area contributed by atoms with Gasteiger partial charge >= 0.3 is 0 Å². The Hall–Kier alpha value is -3.53. The second-order valence-electron chi connectivity index (χ2n) is 9.48. The number of fused-ring (bicyclic) bond motifs is 1. The van der Waals surface area contributed by atoms with E-state index in [1.54, 1.807) is 19.1 Å². The van der Waals surface area contributed by atoms with Crippen molar-refractivity contribution >= 4 is 50.7 Å². The highest BCUT2D eigenvalue weighted by molar-refractivity contribution is 7.20. The topological polar surface area (TPSA) is 87.5 Å². The number of rotatable bonds is 6. The van der Waals surface area contributed by atoms with E-state index in [9.17, 15) is 14.4 Å². The first-order valence-corrected chi connectivity index (χ1v) is 13.6. The minimum atomic E-state index is -0.370. The van der Waals surface area contributed by atoms with Gasteiger partial charge in [-0.15, -0.1) is 11.3 Å². The summed E-state index contributed by atoms with van der Waals surface area (Å²) >= 11 is 7.37. The van der Waals surface area contributed by atoms with Gasteiger partial charge in [0.05, 0.1) is 16.6 Å². The largest absolute Gasteiger partial charge is 0.335 e. The van der Waals surface area contributed by atoms with Crippen LogP contribution in [0.15, 0.2) is 59.7 Å². The Balaban J connectivity index is 1.28. The van der Waals surface area contributed by atoms with Crippen LogP contribution in [0.4, 0.5) is 5.69 Å². The summed E-state index contributed by atoms with van der Waals surface area (Å²) < 4.78 is 1.27. The fourth-order valence-electron chi connectivity index (χ4n) is 4.60. The molecule has 0 aliphatic carbocycles. The van der Waals surface area contributed by atoms with E-state index in [0.29, 0.717) is 44.5 Å². The first-order valence-electron chi connectivity index (χ1n) is 12.4. The lowest BCUT2D eigenvalue weighted by molar-refractivity contribution is -0.116. The van der Waals surface area contributed by atoms with E-state index in [1.165, 1.54) is 27.8 Å². The van der Waals surface area contributed by atoms with Crippen LogP contribution in [0.1, 0.15) is 26.4 Å². The third kappa shape index (κ3) is 5.50. The van der Waals surface area contributed by atoms with Crippen LogP contribution in [-0.2, 0) is 17.9 Å². The van der Waals surface area contributed by atoms with Crippen LogP contribution in [0.3, 0.4) is 0 Å².